The quantitative estimate of drug-likeness (QED) is 0.280. The maximum Gasteiger partial charge on any atom is 0.308 e. The van der Waals surface area contributed by atoms with Crippen LogP contribution >= 0.6 is 11.9 Å². The number of carbonyl (C=O) groups is 2. The topological polar surface area (TPSA) is 93.7 Å². The van der Waals surface area contributed by atoms with Crippen LogP contribution in [0.2, 0.25) is 0 Å². The molecule has 2 aromatic carbocycles. The van der Waals surface area contributed by atoms with Gasteiger partial charge in [-0.05, 0) is 79.8 Å². The summed E-state index contributed by atoms with van der Waals surface area (Å²) in [5, 5.41) is 0. The highest BCUT2D eigenvalue weighted by molar-refractivity contribution is 8.00. The summed E-state index contributed by atoms with van der Waals surface area (Å²) in [6.07, 6.45) is 1.86. The third-order valence-electron chi connectivity index (χ3n) is 7.72. The molecule has 1 aliphatic heterocycles. The van der Waals surface area contributed by atoms with E-state index in [0.29, 0.717) is 36.7 Å². The van der Waals surface area contributed by atoms with E-state index in [1.807, 2.05) is 41.3 Å². The Hall–Kier alpha value is -3.59. The molecule has 1 aliphatic carbocycles. The van der Waals surface area contributed by atoms with Crippen LogP contribution in [0.5, 0.6) is 5.88 Å². The van der Waals surface area contributed by atoms with Crippen LogP contribution in [0.3, 0.4) is 0 Å². The third-order valence-corrected chi connectivity index (χ3v) is 8.50. The van der Waals surface area contributed by atoms with Crippen molar-refractivity contribution in [2.45, 2.75) is 70.9 Å². The minimum atomic E-state index is -0.238. The molecule has 0 saturated heterocycles. The van der Waals surface area contributed by atoms with Gasteiger partial charge in [0, 0.05) is 28.1 Å². The van der Waals surface area contributed by atoms with E-state index in [-0.39, 0.29) is 41.9 Å². The van der Waals surface area contributed by atoms with Crippen LogP contribution in [0.15, 0.2) is 53.4 Å². The number of benzene rings is 2. The summed E-state index contributed by atoms with van der Waals surface area (Å²) >= 11 is 1.35. The van der Waals surface area contributed by atoms with Crippen molar-refractivity contribution in [1.82, 2.24) is 14.9 Å². The Labute approximate surface area is 246 Å². The first kappa shape index (κ1) is 28.9. The first-order chi connectivity index (χ1) is 19.5. The molecule has 1 unspecified atom stereocenters. The molecule has 1 atom stereocenters. The normalized spacial score (nSPS) is 20.9. The number of ether oxygens (including phenoxy) is 2. The molecule has 0 radical (unpaired) electrons. The lowest BCUT2D eigenvalue weighted by molar-refractivity contribution is -0.151. The average molecular weight is 575 g/mol. The number of fused-ring (bicyclic) bond motifs is 4. The SMILES string of the molecule is COC(=O)C1CC(N2C(=O)c3cccc(c3)SNc3nc(cc(-c4c(C)cccc4C)n3)OCC2CC(C)(C)C)C1. The number of carbonyl (C=O) groups excluding carboxylic acids is 2. The van der Waals surface area contributed by atoms with Crippen molar-refractivity contribution in [1.29, 1.82) is 0 Å². The molecule has 3 aromatic rings. The fraction of sp³-hybridized carbons (Fsp3) is 0.438. The zero-order valence-electron chi connectivity index (χ0n) is 24.6. The number of nitrogens with zero attached hydrogens (tertiary/aromatic N) is 3. The highest BCUT2D eigenvalue weighted by Gasteiger charge is 2.44. The van der Waals surface area contributed by atoms with Gasteiger partial charge in [-0.15, -0.1) is 0 Å². The number of rotatable bonds is 4. The monoisotopic (exact) mass is 574 g/mol. The summed E-state index contributed by atoms with van der Waals surface area (Å²) in [5.74, 6) is 0.394. The van der Waals surface area contributed by atoms with Crippen molar-refractivity contribution >= 4 is 29.8 Å². The van der Waals surface area contributed by atoms with Gasteiger partial charge in [0.15, 0.2) is 0 Å². The maximum absolute atomic E-state index is 14.2. The van der Waals surface area contributed by atoms with Crippen LogP contribution in [0.4, 0.5) is 5.95 Å². The summed E-state index contributed by atoms with van der Waals surface area (Å²) in [6, 6.07) is 15.3. The van der Waals surface area contributed by atoms with Crippen molar-refractivity contribution < 1.29 is 19.1 Å². The van der Waals surface area contributed by atoms with Gasteiger partial charge in [0.25, 0.3) is 5.91 Å². The molecule has 4 bridgehead atoms. The van der Waals surface area contributed by atoms with E-state index in [0.717, 1.165) is 27.3 Å². The van der Waals surface area contributed by atoms with Crippen LogP contribution in [0.1, 0.15) is 61.5 Å². The van der Waals surface area contributed by atoms with E-state index < -0.39 is 0 Å². The molecular formula is C32H38N4O4S. The Morgan fingerprint density at radius 1 is 1.10 bits per heavy atom. The van der Waals surface area contributed by atoms with Gasteiger partial charge in [-0.1, -0.05) is 45.0 Å². The van der Waals surface area contributed by atoms with E-state index in [1.165, 1.54) is 19.1 Å². The van der Waals surface area contributed by atoms with Crippen molar-refractivity contribution in [2.75, 3.05) is 18.4 Å². The summed E-state index contributed by atoms with van der Waals surface area (Å²) in [7, 11) is 1.41. The van der Waals surface area contributed by atoms with Gasteiger partial charge < -0.3 is 14.4 Å². The number of aromatic nitrogens is 2. The van der Waals surface area contributed by atoms with E-state index in [2.05, 4.69) is 51.5 Å². The summed E-state index contributed by atoms with van der Waals surface area (Å²) < 4.78 is 14.7. The zero-order chi connectivity index (χ0) is 29.3. The average Bonchev–Trinajstić information content (AvgIpc) is 2.90. The molecule has 41 heavy (non-hydrogen) atoms. The minimum absolute atomic E-state index is 0.0631. The standard InChI is InChI=1S/C32H38N4O4S/c1-19-9-7-10-20(2)28(19)26-16-27-34-31(33-26)35-41-25-12-8-11-21(15-25)29(37)36(23-13-22(14-23)30(38)39-6)24(18-40-27)17-32(3,4)5/h7-12,15-16,22-24H,13-14,17-18H2,1-6H3,(H,33,34,35). The molecule has 216 valence electrons. The Bertz CT molecular complexity index is 1430. The predicted molar refractivity (Wildman–Crippen MR) is 161 cm³/mol. The van der Waals surface area contributed by atoms with Gasteiger partial charge in [-0.25, -0.2) is 4.98 Å². The van der Waals surface area contributed by atoms with Gasteiger partial charge in [0.2, 0.25) is 11.8 Å². The number of methoxy groups -OCH3 is 1. The van der Waals surface area contributed by atoms with E-state index in [9.17, 15) is 9.59 Å². The zero-order valence-corrected chi connectivity index (χ0v) is 25.4. The number of nitrogens with one attached hydrogen (secondary N) is 1. The molecule has 1 aromatic heterocycles. The summed E-state index contributed by atoms with van der Waals surface area (Å²) in [4.78, 5) is 38.8. The lowest BCUT2D eigenvalue weighted by Gasteiger charge is -2.46. The Morgan fingerprint density at radius 3 is 2.49 bits per heavy atom. The van der Waals surface area contributed by atoms with E-state index >= 15 is 0 Å². The Balaban J connectivity index is 1.57. The molecule has 1 fully saturated rings. The van der Waals surface area contributed by atoms with Crippen LogP contribution in [-0.2, 0) is 9.53 Å². The van der Waals surface area contributed by atoms with Crippen molar-refractivity contribution in [3.63, 3.8) is 0 Å². The minimum Gasteiger partial charge on any atom is -0.475 e. The third kappa shape index (κ3) is 6.50. The largest absolute Gasteiger partial charge is 0.475 e. The fourth-order valence-corrected chi connectivity index (χ4v) is 6.40. The number of hydrogen-bond donors (Lipinski definition) is 1. The molecule has 9 heteroatoms. The van der Waals surface area contributed by atoms with Gasteiger partial charge in [-0.2, -0.15) is 4.98 Å². The van der Waals surface area contributed by atoms with Gasteiger partial charge in [0.1, 0.15) is 6.61 Å². The van der Waals surface area contributed by atoms with E-state index in [1.54, 1.807) is 0 Å². The van der Waals surface area contributed by atoms with Gasteiger partial charge >= 0.3 is 5.97 Å². The van der Waals surface area contributed by atoms with Crippen molar-refractivity contribution in [3.8, 4) is 17.1 Å². The second-order valence-electron chi connectivity index (χ2n) is 12.2. The number of hydrogen-bond acceptors (Lipinski definition) is 8. The number of amides is 1. The Kier molecular flexibility index (Phi) is 8.27. The highest BCUT2D eigenvalue weighted by atomic mass is 32.2. The summed E-state index contributed by atoms with van der Waals surface area (Å²) in [5.41, 5.74) is 4.58. The summed E-state index contributed by atoms with van der Waals surface area (Å²) in [6.45, 7) is 10.9. The Morgan fingerprint density at radius 2 is 1.80 bits per heavy atom. The van der Waals surface area contributed by atoms with Gasteiger partial charge in [0.05, 0.1) is 24.8 Å². The molecule has 2 heterocycles. The first-order valence-corrected chi connectivity index (χ1v) is 14.9. The second-order valence-corrected chi connectivity index (χ2v) is 13.1. The molecule has 1 saturated carbocycles. The fourth-order valence-electron chi connectivity index (χ4n) is 5.77. The maximum atomic E-state index is 14.2. The lowest BCUT2D eigenvalue weighted by atomic mass is 9.77. The van der Waals surface area contributed by atoms with Crippen LogP contribution in [-0.4, -0.2) is 52.5 Å². The molecular weight excluding hydrogens is 536 g/mol. The van der Waals surface area contributed by atoms with Gasteiger partial charge in [-0.3, -0.25) is 14.3 Å². The molecule has 8 nitrogen and oxygen atoms in total. The molecule has 5 rings (SSSR count). The smallest absolute Gasteiger partial charge is 0.308 e. The number of aryl methyl sites for hydroxylation is 2. The van der Waals surface area contributed by atoms with Crippen LogP contribution in [0, 0.1) is 25.2 Å². The number of esters is 1. The molecule has 0 spiro atoms. The molecule has 2 aliphatic rings. The van der Waals surface area contributed by atoms with E-state index in [4.69, 9.17) is 19.4 Å². The van der Waals surface area contributed by atoms with Crippen LogP contribution < -0.4 is 9.46 Å². The molecule has 1 N–H and O–H groups in total. The highest BCUT2D eigenvalue weighted by Crippen LogP contribution is 2.38. The van der Waals surface area contributed by atoms with Crippen LogP contribution in [0.25, 0.3) is 11.3 Å². The lowest BCUT2D eigenvalue weighted by Crippen LogP contribution is -2.56. The second kappa shape index (κ2) is 11.7. The van der Waals surface area contributed by atoms with Crippen molar-refractivity contribution in [3.05, 3.63) is 65.2 Å². The molecule has 1 amide bonds. The first-order valence-electron chi connectivity index (χ1n) is 14.0. The van der Waals surface area contributed by atoms with Crippen molar-refractivity contribution in [2.24, 2.45) is 11.3 Å². The predicted octanol–water partition coefficient (Wildman–Crippen LogP) is 6.47. The number of anilines is 1.